The highest BCUT2D eigenvalue weighted by molar-refractivity contribution is 7.18. The number of halogens is 4. The van der Waals surface area contributed by atoms with Crippen molar-refractivity contribution in [3.8, 4) is 10.6 Å². The van der Waals surface area contributed by atoms with Gasteiger partial charge in [-0.3, -0.25) is 4.79 Å². The Hall–Kier alpha value is -2.92. The highest BCUT2D eigenvalue weighted by Gasteiger charge is 2.30. The number of aromatic nitrogens is 3. The van der Waals surface area contributed by atoms with E-state index in [1.807, 2.05) is 18.9 Å². The molecule has 3 aromatic heterocycles. The summed E-state index contributed by atoms with van der Waals surface area (Å²) >= 11 is 6.53. The van der Waals surface area contributed by atoms with Gasteiger partial charge in [0.1, 0.15) is 23.5 Å². The van der Waals surface area contributed by atoms with E-state index >= 15 is 0 Å². The summed E-state index contributed by atoms with van der Waals surface area (Å²) in [7, 11) is 1.94. The van der Waals surface area contributed by atoms with Crippen LogP contribution in [0, 0.1) is 5.92 Å². The fourth-order valence-corrected chi connectivity index (χ4v) is 4.13. The number of rotatable bonds is 10. The molecule has 1 atom stereocenters. The molecular weight excluding hydrogens is 491 g/mol. The van der Waals surface area contributed by atoms with Crippen LogP contribution in [0.2, 0.25) is 0 Å². The molecule has 0 aliphatic rings. The van der Waals surface area contributed by atoms with E-state index in [1.165, 1.54) is 11.3 Å². The van der Waals surface area contributed by atoms with E-state index in [-0.39, 0.29) is 18.2 Å². The SMILES string of the molecule is CC(CCCN(C)c1ncc(-c2cccc(Nc3cc(C(F)(F)F)ccn3)n2)s1)CC(=O)OCl. The Kier molecular flexibility index (Phi) is 8.67. The molecular formula is C22H23ClF3N5O2S. The number of anilines is 3. The first-order valence-electron chi connectivity index (χ1n) is 10.4. The maximum absolute atomic E-state index is 12.9. The number of hydrogen-bond donors (Lipinski definition) is 1. The molecule has 0 radical (unpaired) electrons. The number of hydrogen-bond acceptors (Lipinski definition) is 8. The Balaban J connectivity index is 1.61. The summed E-state index contributed by atoms with van der Waals surface area (Å²) in [6.07, 6.45) is 0.348. The Bertz CT molecular complexity index is 1110. The predicted molar refractivity (Wildman–Crippen MR) is 126 cm³/mol. The molecule has 0 amide bonds. The van der Waals surface area contributed by atoms with E-state index in [1.54, 1.807) is 24.4 Å². The molecule has 7 nitrogen and oxygen atoms in total. The highest BCUT2D eigenvalue weighted by Crippen LogP contribution is 2.32. The summed E-state index contributed by atoms with van der Waals surface area (Å²) < 4.78 is 43.0. The molecule has 0 fully saturated rings. The van der Waals surface area contributed by atoms with Crippen molar-refractivity contribution in [3.63, 3.8) is 0 Å². The molecule has 34 heavy (non-hydrogen) atoms. The van der Waals surface area contributed by atoms with Crippen LogP contribution in [0.15, 0.2) is 42.7 Å². The van der Waals surface area contributed by atoms with Gasteiger partial charge in [0.2, 0.25) is 0 Å². The van der Waals surface area contributed by atoms with Gasteiger partial charge < -0.3 is 14.5 Å². The minimum Gasteiger partial charge on any atom is -0.351 e. The Morgan fingerprint density at radius 1 is 1.26 bits per heavy atom. The monoisotopic (exact) mass is 513 g/mol. The second kappa shape index (κ2) is 11.5. The van der Waals surface area contributed by atoms with Crippen molar-refractivity contribution in [1.82, 2.24) is 15.0 Å². The fourth-order valence-electron chi connectivity index (χ4n) is 3.20. The summed E-state index contributed by atoms with van der Waals surface area (Å²) in [6.45, 7) is 2.72. The van der Waals surface area contributed by atoms with Gasteiger partial charge in [-0.15, -0.1) is 0 Å². The normalized spacial score (nSPS) is 12.3. The molecule has 0 aromatic carbocycles. The summed E-state index contributed by atoms with van der Waals surface area (Å²) in [5, 5.41) is 3.63. The van der Waals surface area contributed by atoms with Crippen molar-refractivity contribution in [2.24, 2.45) is 5.92 Å². The molecule has 1 N–H and O–H groups in total. The highest BCUT2D eigenvalue weighted by atomic mass is 35.5. The first kappa shape index (κ1) is 25.7. The standard InChI is InChI=1S/C22H23ClF3N5O2S/c1-14(11-20(32)33-23)5-4-10-31(2)21-28-13-17(34-21)16-6-3-7-18(29-16)30-19-12-15(8-9-27-19)22(24,25)26/h3,6-9,12-14H,4-5,10-11H2,1-2H3,(H,27,29,30). The maximum Gasteiger partial charge on any atom is 0.416 e. The zero-order valence-electron chi connectivity index (χ0n) is 18.5. The van der Waals surface area contributed by atoms with Crippen LogP contribution < -0.4 is 10.2 Å². The molecule has 3 aromatic rings. The average Bonchev–Trinajstić information content (AvgIpc) is 3.29. The fraction of sp³-hybridized carbons (Fsp3) is 0.364. The van der Waals surface area contributed by atoms with Gasteiger partial charge in [-0.05, 0) is 43.0 Å². The van der Waals surface area contributed by atoms with Crippen LogP contribution in [-0.2, 0) is 15.3 Å². The van der Waals surface area contributed by atoms with Crippen molar-refractivity contribution in [2.45, 2.75) is 32.4 Å². The van der Waals surface area contributed by atoms with Crippen LogP contribution in [0.3, 0.4) is 0 Å². The zero-order valence-corrected chi connectivity index (χ0v) is 20.0. The van der Waals surface area contributed by atoms with Crippen LogP contribution in [0.1, 0.15) is 31.7 Å². The van der Waals surface area contributed by atoms with E-state index in [4.69, 9.17) is 11.9 Å². The molecule has 12 heteroatoms. The van der Waals surface area contributed by atoms with Gasteiger partial charge in [-0.25, -0.2) is 15.0 Å². The summed E-state index contributed by atoms with van der Waals surface area (Å²) in [4.78, 5) is 27.0. The molecule has 0 aliphatic heterocycles. The lowest BCUT2D eigenvalue weighted by Crippen LogP contribution is -2.19. The number of carbonyl (C=O) groups excluding carboxylic acids is 1. The molecule has 0 bridgehead atoms. The van der Waals surface area contributed by atoms with Crippen LogP contribution >= 0.6 is 23.2 Å². The van der Waals surface area contributed by atoms with E-state index < -0.39 is 17.7 Å². The smallest absolute Gasteiger partial charge is 0.351 e. The Labute approximate surface area is 204 Å². The topological polar surface area (TPSA) is 80.2 Å². The third kappa shape index (κ3) is 7.29. The molecule has 3 rings (SSSR count). The van der Waals surface area contributed by atoms with Crippen molar-refractivity contribution < 1.29 is 22.3 Å². The molecule has 0 spiro atoms. The molecule has 0 saturated heterocycles. The largest absolute Gasteiger partial charge is 0.416 e. The molecule has 0 saturated carbocycles. The molecule has 1 unspecified atom stereocenters. The van der Waals surface area contributed by atoms with E-state index in [0.717, 1.165) is 47.7 Å². The van der Waals surface area contributed by atoms with Crippen molar-refractivity contribution in [2.75, 3.05) is 23.8 Å². The van der Waals surface area contributed by atoms with E-state index in [9.17, 15) is 18.0 Å². The minimum atomic E-state index is -4.45. The lowest BCUT2D eigenvalue weighted by Gasteiger charge is -2.16. The average molecular weight is 514 g/mol. The third-order valence-corrected chi connectivity index (χ3v) is 6.26. The first-order chi connectivity index (χ1) is 16.2. The third-order valence-electron chi connectivity index (χ3n) is 4.96. The number of nitrogens with one attached hydrogen (secondary N) is 1. The number of alkyl halides is 3. The first-order valence-corrected chi connectivity index (χ1v) is 11.5. The predicted octanol–water partition coefficient (Wildman–Crippen LogP) is 6.30. The summed E-state index contributed by atoms with van der Waals surface area (Å²) in [5.41, 5.74) is -0.146. The Morgan fingerprint density at radius 3 is 2.79 bits per heavy atom. The van der Waals surface area contributed by atoms with Gasteiger partial charge in [-0.1, -0.05) is 24.3 Å². The molecule has 3 heterocycles. The summed E-state index contributed by atoms with van der Waals surface area (Å²) in [6, 6.07) is 7.07. The molecule has 0 aliphatic carbocycles. The van der Waals surface area contributed by atoms with Crippen LogP contribution in [0.5, 0.6) is 0 Å². The lowest BCUT2D eigenvalue weighted by atomic mass is 10.0. The molecule has 182 valence electrons. The minimum absolute atomic E-state index is 0.0535. The maximum atomic E-state index is 12.9. The second-order valence-corrected chi connectivity index (χ2v) is 8.95. The number of carbonyl (C=O) groups is 1. The van der Waals surface area contributed by atoms with Gasteiger partial charge in [0.25, 0.3) is 0 Å². The van der Waals surface area contributed by atoms with Crippen LogP contribution in [0.4, 0.5) is 29.9 Å². The van der Waals surface area contributed by atoms with Crippen LogP contribution in [-0.4, -0.2) is 34.5 Å². The van der Waals surface area contributed by atoms with Crippen molar-refractivity contribution in [1.29, 1.82) is 0 Å². The number of thiazole rings is 1. The lowest BCUT2D eigenvalue weighted by molar-refractivity contribution is -0.137. The second-order valence-electron chi connectivity index (χ2n) is 7.79. The van der Waals surface area contributed by atoms with Crippen LogP contribution in [0.25, 0.3) is 10.6 Å². The van der Waals surface area contributed by atoms with Crippen molar-refractivity contribution >= 4 is 45.9 Å². The van der Waals surface area contributed by atoms with E-state index in [2.05, 4.69) is 24.6 Å². The quantitative estimate of drug-likeness (QED) is 0.340. The summed E-state index contributed by atoms with van der Waals surface area (Å²) in [5.74, 6) is 0.159. The number of nitrogens with zero attached hydrogens (tertiary/aromatic N) is 4. The van der Waals surface area contributed by atoms with Gasteiger partial charge >= 0.3 is 12.1 Å². The van der Waals surface area contributed by atoms with Gasteiger partial charge in [0, 0.05) is 32.4 Å². The van der Waals surface area contributed by atoms with Gasteiger partial charge in [-0.2, -0.15) is 13.2 Å². The number of pyridine rings is 2. The Morgan fingerprint density at radius 2 is 2.06 bits per heavy atom. The van der Waals surface area contributed by atoms with Gasteiger partial charge in [0.15, 0.2) is 5.13 Å². The van der Waals surface area contributed by atoms with Crippen molar-refractivity contribution in [3.05, 3.63) is 48.3 Å². The zero-order chi connectivity index (χ0) is 24.7. The van der Waals surface area contributed by atoms with Gasteiger partial charge in [0.05, 0.1) is 16.1 Å². The van der Waals surface area contributed by atoms with E-state index in [0.29, 0.717) is 11.5 Å².